The molecule has 0 aliphatic heterocycles. The Morgan fingerprint density at radius 1 is 1.07 bits per heavy atom. The van der Waals surface area contributed by atoms with E-state index < -0.39 is 0 Å². The van der Waals surface area contributed by atoms with E-state index in [2.05, 4.69) is 15.5 Å². The van der Waals surface area contributed by atoms with Crippen molar-refractivity contribution in [2.75, 3.05) is 32.4 Å². The van der Waals surface area contributed by atoms with Gasteiger partial charge in [0.15, 0.2) is 11.5 Å². The Kier molecular flexibility index (Phi) is 6.84. The summed E-state index contributed by atoms with van der Waals surface area (Å²) in [4.78, 5) is 13.1. The van der Waals surface area contributed by atoms with Gasteiger partial charge in [-0.3, -0.25) is 10.1 Å². The van der Waals surface area contributed by atoms with Gasteiger partial charge in [-0.2, -0.15) is 0 Å². The first kappa shape index (κ1) is 20.8. The van der Waals surface area contributed by atoms with E-state index in [1.54, 1.807) is 24.3 Å². The summed E-state index contributed by atoms with van der Waals surface area (Å²) < 4.78 is 21.5. The lowest BCUT2D eigenvalue weighted by Crippen LogP contribution is -2.14. The summed E-state index contributed by atoms with van der Waals surface area (Å²) in [5.41, 5.74) is 0.558. The van der Waals surface area contributed by atoms with Crippen LogP contribution in [0.4, 0.5) is 6.01 Å². The molecule has 1 aromatic heterocycles. The van der Waals surface area contributed by atoms with Crippen LogP contribution >= 0.6 is 23.4 Å². The van der Waals surface area contributed by atoms with E-state index in [0.717, 1.165) is 4.90 Å². The van der Waals surface area contributed by atoms with Crippen LogP contribution in [0.15, 0.2) is 45.7 Å². The van der Waals surface area contributed by atoms with Gasteiger partial charge in [0.25, 0.3) is 0 Å². The van der Waals surface area contributed by atoms with Gasteiger partial charge in [0.1, 0.15) is 0 Å². The molecule has 2 aromatic carbocycles. The molecule has 29 heavy (non-hydrogen) atoms. The first-order chi connectivity index (χ1) is 14.0. The Labute approximate surface area is 176 Å². The number of thioether (sulfide) groups is 1. The summed E-state index contributed by atoms with van der Waals surface area (Å²) in [6, 6.07) is 10.6. The number of halogens is 1. The monoisotopic (exact) mass is 435 g/mol. The maximum atomic E-state index is 12.1. The minimum atomic E-state index is -0.273. The van der Waals surface area contributed by atoms with Crippen molar-refractivity contribution in [2.45, 2.75) is 4.90 Å². The zero-order valence-electron chi connectivity index (χ0n) is 15.9. The number of benzene rings is 2. The number of carbonyl (C=O) groups is 1. The van der Waals surface area contributed by atoms with E-state index in [1.807, 2.05) is 12.1 Å². The molecule has 0 fully saturated rings. The predicted octanol–water partition coefficient (Wildman–Crippen LogP) is 4.15. The minimum absolute atomic E-state index is 0.00421. The van der Waals surface area contributed by atoms with Gasteiger partial charge in [0.2, 0.25) is 17.5 Å². The molecule has 0 aliphatic carbocycles. The van der Waals surface area contributed by atoms with E-state index in [0.29, 0.717) is 27.8 Å². The summed E-state index contributed by atoms with van der Waals surface area (Å²) in [7, 11) is 4.54. The summed E-state index contributed by atoms with van der Waals surface area (Å²) in [6.45, 7) is 0. The van der Waals surface area contributed by atoms with Crippen LogP contribution in [0.5, 0.6) is 17.2 Å². The summed E-state index contributed by atoms with van der Waals surface area (Å²) in [5, 5.41) is 11.1. The van der Waals surface area contributed by atoms with Crippen LogP contribution in [-0.4, -0.2) is 43.2 Å². The molecule has 1 amide bonds. The number of ether oxygens (including phenoxy) is 3. The Hall–Kier alpha value is -2.91. The smallest absolute Gasteiger partial charge is 0.322 e. The van der Waals surface area contributed by atoms with Gasteiger partial charge in [-0.25, -0.2) is 0 Å². The van der Waals surface area contributed by atoms with Crippen LogP contribution < -0.4 is 19.5 Å². The second kappa shape index (κ2) is 9.53. The van der Waals surface area contributed by atoms with Crippen LogP contribution in [0.1, 0.15) is 0 Å². The number of rotatable bonds is 8. The average molecular weight is 436 g/mol. The molecule has 0 saturated carbocycles. The number of hydrogen-bond donors (Lipinski definition) is 1. The van der Waals surface area contributed by atoms with Gasteiger partial charge in [-0.05, 0) is 36.4 Å². The minimum Gasteiger partial charge on any atom is -0.493 e. The second-order valence-electron chi connectivity index (χ2n) is 5.62. The molecule has 8 nitrogen and oxygen atoms in total. The van der Waals surface area contributed by atoms with Crippen LogP contribution in [0.25, 0.3) is 11.5 Å². The van der Waals surface area contributed by atoms with E-state index in [-0.39, 0.29) is 23.6 Å². The van der Waals surface area contributed by atoms with Gasteiger partial charge in [0.05, 0.1) is 27.1 Å². The standard InChI is InChI=1S/C19H18ClN3O5S/c1-25-14-8-11(9-15(26-2)17(14)27-3)18-22-23-19(28-18)21-16(24)10-29-13-6-4-12(20)5-7-13/h4-9H,10H2,1-3H3,(H,21,23,24). The number of nitrogens with zero attached hydrogens (tertiary/aromatic N) is 2. The first-order valence-corrected chi connectivity index (χ1v) is 9.72. The topological polar surface area (TPSA) is 95.7 Å². The fourth-order valence-corrected chi connectivity index (χ4v) is 3.25. The third kappa shape index (κ3) is 5.12. The van der Waals surface area contributed by atoms with Gasteiger partial charge in [0, 0.05) is 15.5 Å². The summed E-state index contributed by atoms with van der Waals surface area (Å²) >= 11 is 7.22. The number of amides is 1. The Balaban J connectivity index is 1.68. The van der Waals surface area contributed by atoms with E-state index in [9.17, 15) is 4.79 Å². The van der Waals surface area contributed by atoms with Crippen molar-refractivity contribution in [3.63, 3.8) is 0 Å². The van der Waals surface area contributed by atoms with Crippen molar-refractivity contribution >= 4 is 35.3 Å². The van der Waals surface area contributed by atoms with Crippen LogP contribution in [-0.2, 0) is 4.79 Å². The molecule has 0 unspecified atom stereocenters. The molecule has 1 heterocycles. The highest BCUT2D eigenvalue weighted by Crippen LogP contribution is 2.41. The molecule has 1 N–H and O–H groups in total. The zero-order chi connectivity index (χ0) is 20.8. The molecule has 152 valence electrons. The number of hydrogen-bond acceptors (Lipinski definition) is 8. The highest BCUT2D eigenvalue weighted by atomic mass is 35.5. The fourth-order valence-electron chi connectivity index (χ4n) is 2.43. The predicted molar refractivity (Wildman–Crippen MR) is 110 cm³/mol. The van der Waals surface area contributed by atoms with Crippen molar-refractivity contribution in [1.29, 1.82) is 0 Å². The van der Waals surface area contributed by atoms with Crippen molar-refractivity contribution in [3.8, 4) is 28.7 Å². The summed E-state index contributed by atoms with van der Waals surface area (Å²) in [5.74, 6) is 1.46. The zero-order valence-corrected chi connectivity index (χ0v) is 17.5. The van der Waals surface area contributed by atoms with Crippen molar-refractivity contribution in [1.82, 2.24) is 10.2 Å². The average Bonchev–Trinajstić information content (AvgIpc) is 3.20. The lowest BCUT2D eigenvalue weighted by molar-refractivity contribution is -0.113. The Morgan fingerprint density at radius 3 is 2.31 bits per heavy atom. The highest BCUT2D eigenvalue weighted by Gasteiger charge is 2.18. The van der Waals surface area contributed by atoms with Crippen LogP contribution in [0, 0.1) is 0 Å². The van der Waals surface area contributed by atoms with Gasteiger partial charge in [-0.1, -0.05) is 16.7 Å². The first-order valence-electron chi connectivity index (χ1n) is 8.36. The van der Waals surface area contributed by atoms with Gasteiger partial charge >= 0.3 is 6.01 Å². The third-order valence-corrected chi connectivity index (χ3v) is 5.03. The number of nitrogens with one attached hydrogen (secondary N) is 1. The molecule has 0 atom stereocenters. The van der Waals surface area contributed by atoms with Crippen molar-refractivity contribution in [2.24, 2.45) is 0 Å². The Morgan fingerprint density at radius 2 is 1.72 bits per heavy atom. The number of anilines is 1. The van der Waals surface area contributed by atoms with Crippen molar-refractivity contribution < 1.29 is 23.4 Å². The van der Waals surface area contributed by atoms with Crippen LogP contribution in [0.3, 0.4) is 0 Å². The van der Waals surface area contributed by atoms with Gasteiger partial charge in [-0.15, -0.1) is 16.9 Å². The Bertz CT molecular complexity index is 969. The largest absolute Gasteiger partial charge is 0.493 e. The molecular formula is C19H18ClN3O5S. The second-order valence-corrected chi connectivity index (χ2v) is 7.10. The van der Waals surface area contributed by atoms with E-state index >= 15 is 0 Å². The quantitative estimate of drug-likeness (QED) is 0.527. The van der Waals surface area contributed by atoms with Crippen LogP contribution in [0.2, 0.25) is 5.02 Å². The molecule has 0 radical (unpaired) electrons. The fraction of sp³-hybridized carbons (Fsp3) is 0.211. The van der Waals surface area contributed by atoms with Crippen molar-refractivity contribution in [3.05, 3.63) is 41.4 Å². The number of methoxy groups -OCH3 is 3. The molecular weight excluding hydrogens is 418 g/mol. The lowest BCUT2D eigenvalue weighted by Gasteiger charge is -2.12. The number of carbonyl (C=O) groups excluding carboxylic acids is 1. The van der Waals surface area contributed by atoms with E-state index in [4.69, 9.17) is 30.2 Å². The normalized spacial score (nSPS) is 10.5. The number of aromatic nitrogens is 2. The maximum absolute atomic E-state index is 12.1. The maximum Gasteiger partial charge on any atom is 0.322 e. The molecule has 0 aliphatic rings. The van der Waals surface area contributed by atoms with Gasteiger partial charge < -0.3 is 18.6 Å². The molecule has 10 heteroatoms. The lowest BCUT2D eigenvalue weighted by atomic mass is 10.2. The molecule has 0 saturated heterocycles. The molecule has 3 aromatic rings. The molecule has 0 spiro atoms. The molecule has 3 rings (SSSR count). The summed E-state index contributed by atoms with van der Waals surface area (Å²) in [6.07, 6.45) is 0. The SMILES string of the molecule is COc1cc(-c2nnc(NC(=O)CSc3ccc(Cl)cc3)o2)cc(OC)c1OC. The third-order valence-electron chi connectivity index (χ3n) is 3.77. The van der Waals surface area contributed by atoms with E-state index in [1.165, 1.54) is 33.1 Å². The highest BCUT2D eigenvalue weighted by molar-refractivity contribution is 8.00. The molecule has 0 bridgehead atoms.